The molecule has 0 aromatic heterocycles. The van der Waals surface area contributed by atoms with E-state index in [-0.39, 0.29) is 0 Å². The first-order valence-electron chi connectivity index (χ1n) is 8.91. The fraction of sp³-hybridized carbons (Fsp3) is 0.400. The van der Waals surface area contributed by atoms with Crippen molar-refractivity contribution in [3.05, 3.63) is 58.6 Å². The Labute approximate surface area is 161 Å². The van der Waals surface area contributed by atoms with Gasteiger partial charge in [0.1, 0.15) is 0 Å². The summed E-state index contributed by atoms with van der Waals surface area (Å²) in [7, 11) is -3.45. The molecule has 140 valence electrons. The molecule has 2 aromatic carbocycles. The predicted octanol–water partition coefficient (Wildman–Crippen LogP) is 4.28. The Morgan fingerprint density at radius 1 is 0.962 bits per heavy atom. The summed E-state index contributed by atoms with van der Waals surface area (Å²) < 4.78 is 27.4. The van der Waals surface area contributed by atoms with Gasteiger partial charge in [-0.15, -0.1) is 0 Å². The van der Waals surface area contributed by atoms with Crippen molar-refractivity contribution < 1.29 is 8.42 Å². The third kappa shape index (κ3) is 3.75. The van der Waals surface area contributed by atoms with Crippen LogP contribution in [0, 0.1) is 6.92 Å². The SMILES string of the molecule is Cc1c(Cl)cccc1N1CCN(S(=O)(=O)c2ccc(C(C)C)cc2)CC1. The van der Waals surface area contributed by atoms with Crippen LogP contribution in [-0.4, -0.2) is 38.9 Å². The minimum Gasteiger partial charge on any atom is -0.369 e. The van der Waals surface area contributed by atoms with E-state index in [4.69, 9.17) is 11.6 Å². The van der Waals surface area contributed by atoms with E-state index < -0.39 is 10.0 Å². The van der Waals surface area contributed by atoms with Gasteiger partial charge in [-0.1, -0.05) is 43.6 Å². The zero-order valence-corrected chi connectivity index (χ0v) is 17.0. The van der Waals surface area contributed by atoms with E-state index in [2.05, 4.69) is 18.7 Å². The second kappa shape index (κ2) is 7.59. The van der Waals surface area contributed by atoms with Crippen LogP contribution in [0.4, 0.5) is 5.69 Å². The summed E-state index contributed by atoms with van der Waals surface area (Å²) in [5.74, 6) is 0.385. The molecule has 6 heteroatoms. The quantitative estimate of drug-likeness (QED) is 0.779. The number of anilines is 1. The van der Waals surface area contributed by atoms with Crippen LogP contribution in [0.25, 0.3) is 0 Å². The van der Waals surface area contributed by atoms with Crippen LogP contribution in [0.3, 0.4) is 0 Å². The summed E-state index contributed by atoms with van der Waals surface area (Å²) in [6, 6.07) is 13.1. The molecule has 0 unspecified atom stereocenters. The van der Waals surface area contributed by atoms with E-state index >= 15 is 0 Å². The number of hydrogen-bond acceptors (Lipinski definition) is 3. The molecular weight excluding hydrogens is 368 g/mol. The van der Waals surface area contributed by atoms with Crippen LogP contribution in [0.15, 0.2) is 47.4 Å². The maximum absolute atomic E-state index is 12.9. The molecular formula is C20H25ClN2O2S. The summed E-state index contributed by atoms with van der Waals surface area (Å²) in [5.41, 5.74) is 3.26. The second-order valence-corrected chi connectivity index (χ2v) is 9.34. The lowest BCUT2D eigenvalue weighted by atomic mass is 10.0. The number of hydrogen-bond donors (Lipinski definition) is 0. The summed E-state index contributed by atoms with van der Waals surface area (Å²) in [6.07, 6.45) is 0. The van der Waals surface area contributed by atoms with E-state index in [9.17, 15) is 8.42 Å². The smallest absolute Gasteiger partial charge is 0.243 e. The highest BCUT2D eigenvalue weighted by Crippen LogP contribution is 2.28. The molecule has 0 spiro atoms. The largest absolute Gasteiger partial charge is 0.369 e. The molecule has 4 nitrogen and oxygen atoms in total. The van der Waals surface area contributed by atoms with E-state index in [0.29, 0.717) is 37.0 Å². The van der Waals surface area contributed by atoms with Gasteiger partial charge in [-0.05, 0) is 48.2 Å². The van der Waals surface area contributed by atoms with Gasteiger partial charge in [0.25, 0.3) is 0 Å². The molecule has 1 fully saturated rings. The summed E-state index contributed by atoms with van der Waals surface area (Å²) in [5, 5.41) is 0.739. The topological polar surface area (TPSA) is 40.6 Å². The number of sulfonamides is 1. The first-order valence-corrected chi connectivity index (χ1v) is 10.7. The Hall–Kier alpha value is -1.56. The highest BCUT2D eigenvalue weighted by atomic mass is 35.5. The van der Waals surface area contributed by atoms with Gasteiger partial charge < -0.3 is 4.90 Å². The van der Waals surface area contributed by atoms with Crippen molar-refractivity contribution in [2.75, 3.05) is 31.1 Å². The maximum atomic E-state index is 12.9. The number of halogens is 1. The molecule has 2 aromatic rings. The van der Waals surface area contributed by atoms with Gasteiger partial charge in [-0.25, -0.2) is 8.42 Å². The zero-order valence-electron chi connectivity index (χ0n) is 15.4. The molecule has 0 atom stereocenters. The Morgan fingerprint density at radius 2 is 1.58 bits per heavy atom. The molecule has 3 rings (SSSR count). The lowest BCUT2D eigenvalue weighted by molar-refractivity contribution is 0.384. The molecule has 1 aliphatic heterocycles. The highest BCUT2D eigenvalue weighted by molar-refractivity contribution is 7.89. The fourth-order valence-corrected chi connectivity index (χ4v) is 4.87. The van der Waals surface area contributed by atoms with Gasteiger partial charge in [0.15, 0.2) is 0 Å². The molecule has 0 aliphatic carbocycles. The van der Waals surface area contributed by atoms with Crippen LogP contribution in [-0.2, 0) is 10.0 Å². The van der Waals surface area contributed by atoms with Crippen LogP contribution in [0.1, 0.15) is 30.9 Å². The van der Waals surface area contributed by atoms with Gasteiger partial charge in [0.2, 0.25) is 10.0 Å². The van der Waals surface area contributed by atoms with Crippen molar-refractivity contribution in [2.45, 2.75) is 31.6 Å². The Bertz CT molecular complexity index is 871. The Morgan fingerprint density at radius 3 is 2.15 bits per heavy atom. The molecule has 26 heavy (non-hydrogen) atoms. The predicted molar refractivity (Wildman–Crippen MR) is 108 cm³/mol. The Balaban J connectivity index is 1.73. The van der Waals surface area contributed by atoms with Crippen molar-refractivity contribution in [3.63, 3.8) is 0 Å². The van der Waals surface area contributed by atoms with Gasteiger partial charge in [-0.3, -0.25) is 0 Å². The van der Waals surface area contributed by atoms with Gasteiger partial charge in [0.05, 0.1) is 4.90 Å². The van der Waals surface area contributed by atoms with Crippen LogP contribution in [0.2, 0.25) is 5.02 Å². The van der Waals surface area contributed by atoms with E-state index in [1.54, 1.807) is 16.4 Å². The average molecular weight is 393 g/mol. The first kappa shape index (κ1) is 19.2. The number of nitrogens with zero attached hydrogens (tertiary/aromatic N) is 2. The summed E-state index contributed by atoms with van der Waals surface area (Å²) in [6.45, 7) is 8.45. The van der Waals surface area contributed by atoms with Crippen molar-refractivity contribution in [3.8, 4) is 0 Å². The highest BCUT2D eigenvalue weighted by Gasteiger charge is 2.29. The van der Waals surface area contributed by atoms with Gasteiger partial charge in [0, 0.05) is 36.9 Å². The van der Waals surface area contributed by atoms with Crippen LogP contribution in [0.5, 0.6) is 0 Å². The summed E-state index contributed by atoms with van der Waals surface area (Å²) in [4.78, 5) is 2.57. The molecule has 0 saturated carbocycles. The summed E-state index contributed by atoms with van der Waals surface area (Å²) >= 11 is 6.22. The van der Waals surface area contributed by atoms with Crippen LogP contribution >= 0.6 is 11.6 Å². The molecule has 0 bridgehead atoms. The molecule has 1 aliphatic rings. The lowest BCUT2D eigenvalue weighted by Crippen LogP contribution is -2.48. The van der Waals surface area contributed by atoms with E-state index in [1.165, 1.54) is 0 Å². The fourth-order valence-electron chi connectivity index (χ4n) is 3.28. The van der Waals surface area contributed by atoms with Crippen LogP contribution < -0.4 is 4.90 Å². The lowest BCUT2D eigenvalue weighted by Gasteiger charge is -2.36. The van der Waals surface area contributed by atoms with Crippen molar-refractivity contribution in [1.29, 1.82) is 0 Å². The molecule has 0 N–H and O–H groups in total. The minimum atomic E-state index is -3.45. The van der Waals surface area contributed by atoms with Gasteiger partial charge in [-0.2, -0.15) is 4.31 Å². The average Bonchev–Trinajstić information content (AvgIpc) is 2.64. The van der Waals surface area contributed by atoms with Crippen molar-refractivity contribution in [2.24, 2.45) is 0 Å². The molecule has 1 heterocycles. The first-order chi connectivity index (χ1) is 12.3. The molecule has 0 amide bonds. The molecule has 1 saturated heterocycles. The second-order valence-electron chi connectivity index (χ2n) is 7.00. The van der Waals surface area contributed by atoms with E-state index in [1.807, 2.05) is 37.3 Å². The van der Waals surface area contributed by atoms with Crippen molar-refractivity contribution in [1.82, 2.24) is 4.31 Å². The zero-order chi connectivity index (χ0) is 18.9. The van der Waals surface area contributed by atoms with Gasteiger partial charge >= 0.3 is 0 Å². The number of rotatable bonds is 4. The van der Waals surface area contributed by atoms with Crippen molar-refractivity contribution >= 4 is 27.3 Å². The number of piperazine rings is 1. The monoisotopic (exact) mass is 392 g/mol. The minimum absolute atomic E-state index is 0.370. The van der Waals surface area contributed by atoms with E-state index in [0.717, 1.165) is 21.8 Å². The third-order valence-corrected chi connectivity index (χ3v) is 7.33. The molecule has 0 radical (unpaired) electrons. The maximum Gasteiger partial charge on any atom is 0.243 e. The standard InChI is InChI=1S/C20H25ClN2O2S/c1-15(2)17-7-9-18(10-8-17)26(24,25)23-13-11-22(12-14-23)20-6-4-5-19(21)16(20)3/h4-10,15H,11-14H2,1-3H3. The number of benzene rings is 2. The third-order valence-electron chi connectivity index (χ3n) is 5.00. The Kier molecular flexibility index (Phi) is 5.61. The normalized spacial score (nSPS) is 16.3.